The molecular formula is C11H12ClN3. The molecule has 3 nitrogen and oxygen atoms in total. The summed E-state index contributed by atoms with van der Waals surface area (Å²) in [5, 5.41) is 0. The minimum atomic E-state index is 0.502. The van der Waals surface area contributed by atoms with Gasteiger partial charge in [-0.3, -0.25) is 4.98 Å². The first-order valence-corrected chi connectivity index (χ1v) is 5.38. The van der Waals surface area contributed by atoms with Gasteiger partial charge in [0.15, 0.2) is 0 Å². The standard InChI is InChI=1S/C11H12ClN3/c12-7-11-8-13-9-15(11)6-4-10-3-1-2-5-14-10/h1-3,5,8-9H,4,6-7H2. The van der Waals surface area contributed by atoms with Crippen molar-refractivity contribution >= 4 is 11.6 Å². The van der Waals surface area contributed by atoms with Crippen LogP contribution in [0.15, 0.2) is 36.9 Å². The van der Waals surface area contributed by atoms with Crippen molar-refractivity contribution in [3.63, 3.8) is 0 Å². The number of alkyl halides is 1. The van der Waals surface area contributed by atoms with E-state index in [0.29, 0.717) is 5.88 Å². The maximum atomic E-state index is 5.78. The van der Waals surface area contributed by atoms with E-state index < -0.39 is 0 Å². The Bertz CT molecular complexity index is 411. The summed E-state index contributed by atoms with van der Waals surface area (Å²) in [6, 6.07) is 5.95. The summed E-state index contributed by atoms with van der Waals surface area (Å²) in [5.74, 6) is 0.502. The first-order valence-electron chi connectivity index (χ1n) is 4.85. The quantitative estimate of drug-likeness (QED) is 0.742. The molecular weight excluding hydrogens is 210 g/mol. The molecule has 0 unspecified atom stereocenters. The molecule has 0 aliphatic carbocycles. The molecule has 4 heteroatoms. The van der Waals surface area contributed by atoms with E-state index in [0.717, 1.165) is 24.4 Å². The van der Waals surface area contributed by atoms with Gasteiger partial charge in [0.25, 0.3) is 0 Å². The van der Waals surface area contributed by atoms with Gasteiger partial charge in [-0.1, -0.05) is 6.07 Å². The highest BCUT2D eigenvalue weighted by atomic mass is 35.5. The predicted octanol–water partition coefficient (Wildman–Crippen LogP) is 2.26. The highest BCUT2D eigenvalue weighted by Gasteiger charge is 2.00. The van der Waals surface area contributed by atoms with Crippen LogP contribution >= 0.6 is 11.6 Å². The molecule has 78 valence electrons. The van der Waals surface area contributed by atoms with E-state index in [1.807, 2.05) is 24.4 Å². The average Bonchev–Trinajstić information content (AvgIpc) is 2.75. The summed E-state index contributed by atoms with van der Waals surface area (Å²) in [6.07, 6.45) is 6.32. The highest BCUT2D eigenvalue weighted by Crippen LogP contribution is 2.05. The lowest BCUT2D eigenvalue weighted by Gasteiger charge is -2.05. The second-order valence-electron chi connectivity index (χ2n) is 3.28. The lowest BCUT2D eigenvalue weighted by molar-refractivity contribution is 0.665. The molecule has 0 atom stereocenters. The molecule has 15 heavy (non-hydrogen) atoms. The van der Waals surface area contributed by atoms with Crippen LogP contribution in [0.4, 0.5) is 0 Å². The molecule has 2 aromatic rings. The second-order valence-corrected chi connectivity index (χ2v) is 3.55. The lowest BCUT2D eigenvalue weighted by atomic mass is 10.2. The van der Waals surface area contributed by atoms with Crippen LogP contribution in [0, 0.1) is 0 Å². The lowest BCUT2D eigenvalue weighted by Crippen LogP contribution is -2.04. The van der Waals surface area contributed by atoms with E-state index in [2.05, 4.69) is 14.5 Å². The minimum Gasteiger partial charge on any atom is -0.333 e. The van der Waals surface area contributed by atoms with Crippen molar-refractivity contribution < 1.29 is 0 Å². The summed E-state index contributed by atoms with van der Waals surface area (Å²) in [7, 11) is 0. The van der Waals surface area contributed by atoms with Crippen molar-refractivity contribution in [3.05, 3.63) is 48.3 Å². The van der Waals surface area contributed by atoms with Gasteiger partial charge >= 0.3 is 0 Å². The molecule has 0 saturated heterocycles. The third-order valence-electron chi connectivity index (χ3n) is 2.27. The van der Waals surface area contributed by atoms with Gasteiger partial charge in [0, 0.05) is 31.1 Å². The Balaban J connectivity index is 1.99. The molecule has 0 N–H and O–H groups in total. The molecule has 0 radical (unpaired) electrons. The molecule has 0 spiro atoms. The minimum absolute atomic E-state index is 0.502. The predicted molar refractivity (Wildman–Crippen MR) is 59.7 cm³/mol. The van der Waals surface area contributed by atoms with E-state index in [1.54, 1.807) is 12.5 Å². The number of pyridine rings is 1. The number of rotatable bonds is 4. The van der Waals surface area contributed by atoms with E-state index in [4.69, 9.17) is 11.6 Å². The monoisotopic (exact) mass is 221 g/mol. The maximum absolute atomic E-state index is 5.78. The zero-order chi connectivity index (χ0) is 10.5. The van der Waals surface area contributed by atoms with Crippen molar-refractivity contribution in [1.29, 1.82) is 0 Å². The summed E-state index contributed by atoms with van der Waals surface area (Å²) in [5.41, 5.74) is 2.14. The average molecular weight is 222 g/mol. The van der Waals surface area contributed by atoms with Crippen molar-refractivity contribution in [3.8, 4) is 0 Å². The van der Waals surface area contributed by atoms with Gasteiger partial charge in [0.05, 0.1) is 17.9 Å². The fourth-order valence-electron chi connectivity index (χ4n) is 1.44. The largest absolute Gasteiger partial charge is 0.333 e. The molecule has 0 bridgehead atoms. The topological polar surface area (TPSA) is 30.7 Å². The highest BCUT2D eigenvalue weighted by molar-refractivity contribution is 6.16. The number of hydrogen-bond acceptors (Lipinski definition) is 2. The van der Waals surface area contributed by atoms with Crippen LogP contribution < -0.4 is 0 Å². The Morgan fingerprint density at radius 2 is 2.27 bits per heavy atom. The van der Waals surface area contributed by atoms with Crippen LogP contribution in [0.5, 0.6) is 0 Å². The number of imidazole rings is 1. The molecule has 0 aliphatic rings. The van der Waals surface area contributed by atoms with Gasteiger partial charge in [-0.25, -0.2) is 4.98 Å². The van der Waals surface area contributed by atoms with Gasteiger partial charge in [0.1, 0.15) is 0 Å². The Labute approximate surface area is 93.7 Å². The van der Waals surface area contributed by atoms with Crippen LogP contribution in [-0.4, -0.2) is 14.5 Å². The van der Waals surface area contributed by atoms with Crippen LogP contribution in [0.25, 0.3) is 0 Å². The molecule has 0 aliphatic heterocycles. The molecule has 0 saturated carbocycles. The molecule has 2 aromatic heterocycles. The smallest absolute Gasteiger partial charge is 0.0948 e. The normalized spacial score (nSPS) is 10.5. The van der Waals surface area contributed by atoms with Crippen LogP contribution in [-0.2, 0) is 18.8 Å². The fraction of sp³-hybridized carbons (Fsp3) is 0.273. The zero-order valence-electron chi connectivity index (χ0n) is 8.31. The summed E-state index contributed by atoms with van der Waals surface area (Å²) >= 11 is 5.78. The number of halogens is 1. The van der Waals surface area contributed by atoms with Crippen molar-refractivity contribution in [2.75, 3.05) is 0 Å². The van der Waals surface area contributed by atoms with Gasteiger partial charge in [-0.05, 0) is 12.1 Å². The molecule has 2 heterocycles. The van der Waals surface area contributed by atoms with Crippen LogP contribution in [0.1, 0.15) is 11.4 Å². The Morgan fingerprint density at radius 1 is 1.33 bits per heavy atom. The summed E-state index contributed by atoms with van der Waals surface area (Å²) in [6.45, 7) is 0.874. The van der Waals surface area contributed by atoms with Gasteiger partial charge in [-0.15, -0.1) is 11.6 Å². The second kappa shape index (κ2) is 4.94. The zero-order valence-corrected chi connectivity index (χ0v) is 9.06. The van der Waals surface area contributed by atoms with Gasteiger partial charge in [0.2, 0.25) is 0 Å². The van der Waals surface area contributed by atoms with E-state index in [9.17, 15) is 0 Å². The van der Waals surface area contributed by atoms with E-state index in [-0.39, 0.29) is 0 Å². The van der Waals surface area contributed by atoms with Crippen LogP contribution in [0.2, 0.25) is 0 Å². The van der Waals surface area contributed by atoms with E-state index in [1.165, 1.54) is 0 Å². The SMILES string of the molecule is ClCc1cncn1CCc1ccccn1. The number of aryl methyl sites for hydroxylation is 2. The molecule has 2 rings (SSSR count). The molecule has 0 fully saturated rings. The number of aromatic nitrogens is 3. The van der Waals surface area contributed by atoms with Gasteiger partial charge < -0.3 is 4.57 Å². The Morgan fingerprint density at radius 3 is 3.00 bits per heavy atom. The Hall–Kier alpha value is -1.35. The maximum Gasteiger partial charge on any atom is 0.0948 e. The van der Waals surface area contributed by atoms with E-state index >= 15 is 0 Å². The number of nitrogens with zero attached hydrogens (tertiary/aromatic N) is 3. The first kappa shape index (κ1) is 10.2. The molecule has 0 aromatic carbocycles. The number of hydrogen-bond donors (Lipinski definition) is 0. The van der Waals surface area contributed by atoms with Crippen molar-refractivity contribution in [2.24, 2.45) is 0 Å². The summed E-state index contributed by atoms with van der Waals surface area (Å²) in [4.78, 5) is 8.33. The van der Waals surface area contributed by atoms with Crippen molar-refractivity contribution in [1.82, 2.24) is 14.5 Å². The van der Waals surface area contributed by atoms with Gasteiger partial charge in [-0.2, -0.15) is 0 Å². The van der Waals surface area contributed by atoms with Crippen molar-refractivity contribution in [2.45, 2.75) is 18.8 Å². The van der Waals surface area contributed by atoms with Crippen LogP contribution in [0.3, 0.4) is 0 Å². The first-order chi connectivity index (χ1) is 7.40. The fourth-order valence-corrected chi connectivity index (χ4v) is 1.66. The third kappa shape index (κ3) is 2.57. The molecule has 0 amide bonds. The Kier molecular flexibility index (Phi) is 3.35. The third-order valence-corrected chi connectivity index (χ3v) is 2.54. The summed E-state index contributed by atoms with van der Waals surface area (Å²) < 4.78 is 2.06.